The second-order valence-electron chi connectivity index (χ2n) is 1.68. The fraction of sp³-hybridized carbons (Fsp3) is 0.800. The first-order valence-electron chi connectivity index (χ1n) is 2.91. The largest absolute Gasteiger partial charge is 0.449 e. The van der Waals surface area contributed by atoms with Crippen LogP contribution in [0, 0.1) is 0 Å². The van der Waals surface area contributed by atoms with E-state index in [4.69, 9.17) is 15.4 Å². The molecule has 0 fully saturated rings. The zero-order valence-electron chi connectivity index (χ0n) is 5.96. The van der Waals surface area contributed by atoms with Crippen molar-refractivity contribution >= 4 is 27.9 Å². The van der Waals surface area contributed by atoms with Gasteiger partial charge in [0.2, 0.25) is 0 Å². The van der Waals surface area contributed by atoms with E-state index in [-0.39, 0.29) is 0 Å². The van der Waals surface area contributed by atoms with Crippen LogP contribution < -0.4 is 0 Å². The Morgan fingerprint density at radius 2 is 2.40 bits per heavy atom. The first-order valence-corrected chi connectivity index (χ1v) is 4.51. The first-order chi connectivity index (χ1) is 4.72. The topological polar surface area (TPSA) is 29.5 Å². The summed E-state index contributed by atoms with van der Waals surface area (Å²) in [6, 6.07) is 0. The third kappa shape index (κ3) is 3.85. The van der Waals surface area contributed by atoms with E-state index >= 15 is 0 Å². The normalized spacial score (nSPS) is 9.10. The molecule has 1 amide bonds. The molecule has 0 spiro atoms. The van der Waals surface area contributed by atoms with Crippen molar-refractivity contribution in [3.63, 3.8) is 0 Å². The minimum atomic E-state index is -0.401. The molecule has 0 radical (unpaired) electrons. The summed E-state index contributed by atoms with van der Waals surface area (Å²) >= 11 is 0.814. The number of hydrogen-bond donors (Lipinski definition) is 0. The molecule has 0 aromatic rings. The molecule has 0 aliphatic heterocycles. The van der Waals surface area contributed by atoms with E-state index in [9.17, 15) is 4.79 Å². The number of amides is 1. The van der Waals surface area contributed by atoms with E-state index in [2.05, 4.69) is 0 Å². The van der Waals surface area contributed by atoms with Gasteiger partial charge in [-0.15, -0.1) is 0 Å². The summed E-state index contributed by atoms with van der Waals surface area (Å²) in [7, 11) is 6.82. The van der Waals surface area contributed by atoms with Crippen LogP contribution in [-0.2, 0) is 4.74 Å². The molecule has 5 heteroatoms. The molecular weight excluding hydrogens is 174 g/mol. The molecule has 3 nitrogen and oxygen atoms in total. The van der Waals surface area contributed by atoms with Gasteiger partial charge in [-0.25, -0.2) is 9.10 Å². The molecule has 0 bridgehead atoms. The molecule has 0 atom stereocenters. The Hall–Kier alpha value is -0.0900. The second-order valence-corrected chi connectivity index (χ2v) is 2.78. The van der Waals surface area contributed by atoms with Crippen molar-refractivity contribution in [3.05, 3.63) is 0 Å². The van der Waals surface area contributed by atoms with Crippen molar-refractivity contribution in [3.8, 4) is 0 Å². The lowest BCUT2D eigenvalue weighted by molar-refractivity contribution is 0.133. The Bertz CT molecular complexity index is 112. The number of carbonyl (C=O) groups excluding carboxylic acids is 1. The summed E-state index contributed by atoms with van der Waals surface area (Å²) in [5.41, 5.74) is 0. The van der Waals surface area contributed by atoms with Crippen LogP contribution in [0.4, 0.5) is 4.79 Å². The van der Waals surface area contributed by atoms with Gasteiger partial charge >= 0.3 is 6.09 Å². The zero-order chi connectivity index (χ0) is 7.98. The van der Waals surface area contributed by atoms with Crippen LogP contribution in [0.25, 0.3) is 0 Å². The minimum absolute atomic E-state index is 0.401. The summed E-state index contributed by atoms with van der Waals surface area (Å²) in [4.78, 5) is 10.7. The fourth-order valence-corrected chi connectivity index (χ4v) is 0.587. The lowest BCUT2D eigenvalue weighted by atomic mass is 10.5. The Morgan fingerprint density at radius 3 is 2.80 bits per heavy atom. The number of nitrogens with zero attached hydrogens (tertiary/aromatic N) is 1. The Kier molecular flexibility index (Phi) is 5.63. The van der Waals surface area contributed by atoms with Gasteiger partial charge in [-0.05, 0) is 17.1 Å². The van der Waals surface area contributed by atoms with Gasteiger partial charge in [-0.1, -0.05) is 6.92 Å². The van der Waals surface area contributed by atoms with Crippen molar-refractivity contribution in [1.82, 2.24) is 4.31 Å². The highest BCUT2D eigenvalue weighted by molar-refractivity contribution is 8.19. The third-order valence-electron chi connectivity index (χ3n) is 0.790. The van der Waals surface area contributed by atoms with E-state index in [0.717, 1.165) is 17.6 Å². The number of rotatable bonds is 3. The number of carbonyl (C=O) groups is 1. The number of hydrogen-bond acceptors (Lipinski definition) is 3. The summed E-state index contributed by atoms with van der Waals surface area (Å²) < 4.78 is 5.95. The Morgan fingerprint density at radius 1 is 1.80 bits per heavy atom. The fourth-order valence-electron chi connectivity index (χ4n) is 0.308. The van der Waals surface area contributed by atoms with Crippen molar-refractivity contribution < 1.29 is 9.53 Å². The lowest BCUT2D eigenvalue weighted by Gasteiger charge is -2.10. The van der Waals surface area contributed by atoms with E-state index in [1.165, 1.54) is 4.31 Å². The maximum absolute atomic E-state index is 10.7. The van der Waals surface area contributed by atoms with Crippen LogP contribution in [0.3, 0.4) is 0 Å². The van der Waals surface area contributed by atoms with Crippen LogP contribution in [0.1, 0.15) is 13.3 Å². The quantitative estimate of drug-likeness (QED) is 0.629. The number of ether oxygens (including phenoxy) is 1. The van der Waals surface area contributed by atoms with Crippen molar-refractivity contribution in [1.29, 1.82) is 0 Å². The van der Waals surface area contributed by atoms with E-state index in [0.29, 0.717) is 6.61 Å². The molecule has 0 aliphatic rings. The van der Waals surface area contributed by atoms with Crippen LogP contribution in [0.5, 0.6) is 0 Å². The predicted octanol–water partition coefficient (Wildman–Crippen LogP) is 2.27. The van der Waals surface area contributed by atoms with E-state index in [1.807, 2.05) is 6.92 Å². The SMILES string of the molecule is CCCOC(=O)N(C)SCl. The van der Waals surface area contributed by atoms with E-state index < -0.39 is 6.09 Å². The van der Waals surface area contributed by atoms with Gasteiger partial charge in [0.05, 0.1) is 17.8 Å². The van der Waals surface area contributed by atoms with Crippen molar-refractivity contribution in [2.45, 2.75) is 13.3 Å². The molecule has 0 heterocycles. The average Bonchev–Trinajstić information content (AvgIpc) is 1.98. The third-order valence-corrected chi connectivity index (χ3v) is 1.77. The van der Waals surface area contributed by atoms with Crippen molar-refractivity contribution in [2.24, 2.45) is 0 Å². The molecule has 60 valence electrons. The highest BCUT2D eigenvalue weighted by atomic mass is 35.7. The molecule has 0 saturated carbocycles. The minimum Gasteiger partial charge on any atom is -0.449 e. The molecule has 0 rings (SSSR count). The summed E-state index contributed by atoms with van der Waals surface area (Å²) in [6.07, 6.45) is 0.425. The van der Waals surface area contributed by atoms with Gasteiger partial charge in [-0.2, -0.15) is 0 Å². The van der Waals surface area contributed by atoms with Crippen LogP contribution in [0.2, 0.25) is 0 Å². The molecule has 0 aliphatic carbocycles. The van der Waals surface area contributed by atoms with Crippen molar-refractivity contribution in [2.75, 3.05) is 13.7 Å². The van der Waals surface area contributed by atoms with Gasteiger partial charge < -0.3 is 4.74 Å². The average molecular weight is 184 g/mol. The zero-order valence-corrected chi connectivity index (χ0v) is 7.54. The van der Waals surface area contributed by atoms with Gasteiger partial charge in [0, 0.05) is 7.05 Å². The molecule has 0 N–H and O–H groups in total. The molecular formula is C5H10ClNO2S. The summed E-state index contributed by atoms with van der Waals surface area (Å²) in [6.45, 7) is 2.38. The van der Waals surface area contributed by atoms with E-state index in [1.54, 1.807) is 7.05 Å². The number of halogens is 1. The maximum atomic E-state index is 10.7. The lowest BCUT2D eigenvalue weighted by Crippen LogP contribution is -2.19. The highest BCUT2D eigenvalue weighted by Crippen LogP contribution is 2.12. The highest BCUT2D eigenvalue weighted by Gasteiger charge is 2.07. The van der Waals surface area contributed by atoms with Gasteiger partial charge in [0.25, 0.3) is 0 Å². The maximum Gasteiger partial charge on any atom is 0.420 e. The molecule has 0 saturated heterocycles. The summed E-state index contributed by atoms with van der Waals surface area (Å²) in [5.74, 6) is 0. The van der Waals surface area contributed by atoms with Crippen LogP contribution in [0.15, 0.2) is 0 Å². The van der Waals surface area contributed by atoms with Gasteiger partial charge in [0.15, 0.2) is 0 Å². The Balaban J connectivity index is 3.42. The second kappa shape index (κ2) is 5.68. The smallest absolute Gasteiger partial charge is 0.420 e. The summed E-state index contributed by atoms with van der Waals surface area (Å²) in [5, 5.41) is 0. The monoisotopic (exact) mass is 183 g/mol. The van der Waals surface area contributed by atoms with Crippen LogP contribution >= 0.6 is 21.8 Å². The predicted molar refractivity (Wildman–Crippen MR) is 42.8 cm³/mol. The molecule has 0 aromatic heterocycles. The van der Waals surface area contributed by atoms with Crippen LogP contribution in [-0.4, -0.2) is 24.1 Å². The first kappa shape index (κ1) is 9.91. The van der Waals surface area contributed by atoms with Gasteiger partial charge in [-0.3, -0.25) is 0 Å². The molecule has 0 aromatic carbocycles. The van der Waals surface area contributed by atoms with Gasteiger partial charge in [0.1, 0.15) is 0 Å². The molecule has 0 unspecified atom stereocenters. The molecule has 10 heavy (non-hydrogen) atoms. The standard InChI is InChI=1S/C5H10ClNO2S/c1-3-4-9-5(8)7(2)10-6/h3-4H2,1-2H3. The Labute approximate surface area is 69.3 Å².